The van der Waals surface area contributed by atoms with E-state index in [-0.39, 0.29) is 6.54 Å². The Hall–Kier alpha value is -1.79. The molecule has 0 saturated heterocycles. The summed E-state index contributed by atoms with van der Waals surface area (Å²) in [6.45, 7) is -1.64. The minimum atomic E-state index is -4.21. The summed E-state index contributed by atoms with van der Waals surface area (Å²) in [4.78, 5) is 11.1. The van der Waals surface area contributed by atoms with E-state index in [1.165, 1.54) is 0 Å². The van der Waals surface area contributed by atoms with Crippen molar-refractivity contribution in [2.75, 3.05) is 18.4 Å². The molecule has 0 saturated carbocycles. The minimum Gasteiger partial charge on any atom is -0.376 e. The zero-order valence-electron chi connectivity index (χ0n) is 9.30. The lowest BCUT2D eigenvalue weighted by atomic mass is 10.3. The van der Waals surface area contributed by atoms with Crippen molar-refractivity contribution in [3.63, 3.8) is 0 Å². The van der Waals surface area contributed by atoms with Gasteiger partial charge in [-0.25, -0.2) is 8.78 Å². The van der Waals surface area contributed by atoms with Gasteiger partial charge in [-0.2, -0.15) is 8.78 Å². The largest absolute Gasteiger partial charge is 0.376 e. The number of benzene rings is 1. The number of amides is 1. The number of rotatable bonds is 6. The first-order valence-electron chi connectivity index (χ1n) is 5.13. The lowest BCUT2D eigenvalue weighted by Gasteiger charge is -2.15. The van der Waals surface area contributed by atoms with E-state index in [1.54, 1.807) is 35.6 Å². The molecule has 1 rings (SSSR count). The third-order valence-electron chi connectivity index (χ3n) is 2.07. The normalized spacial score (nSPS) is 11.4. The third-order valence-corrected chi connectivity index (χ3v) is 2.07. The van der Waals surface area contributed by atoms with Crippen LogP contribution in [0.5, 0.6) is 0 Å². The van der Waals surface area contributed by atoms with Gasteiger partial charge >= 0.3 is 12.3 Å². The van der Waals surface area contributed by atoms with E-state index in [0.717, 1.165) is 0 Å². The highest BCUT2D eigenvalue weighted by atomic mass is 19.3. The second-order valence-corrected chi connectivity index (χ2v) is 3.56. The topological polar surface area (TPSA) is 41.1 Å². The van der Waals surface area contributed by atoms with E-state index >= 15 is 0 Å². The number of para-hydroxylation sites is 1. The monoisotopic (exact) mass is 264 g/mol. The summed E-state index contributed by atoms with van der Waals surface area (Å²) in [6, 6.07) is 8.59. The number of alkyl halides is 4. The summed E-state index contributed by atoms with van der Waals surface area (Å²) in [5, 5.41) is 4.41. The highest BCUT2D eigenvalue weighted by molar-refractivity contribution is 5.80. The van der Waals surface area contributed by atoms with E-state index in [1.807, 2.05) is 0 Å². The minimum absolute atomic E-state index is 0.261. The lowest BCUT2D eigenvalue weighted by molar-refractivity contribution is -0.135. The molecule has 2 N–H and O–H groups in total. The second-order valence-electron chi connectivity index (χ2n) is 3.56. The molecular formula is C11H12F4N2O. The zero-order valence-corrected chi connectivity index (χ0v) is 9.30. The molecule has 0 aliphatic rings. The van der Waals surface area contributed by atoms with Crippen LogP contribution in [0.3, 0.4) is 0 Å². The Morgan fingerprint density at radius 2 is 1.83 bits per heavy atom. The fraction of sp³-hybridized carbons (Fsp3) is 0.364. The van der Waals surface area contributed by atoms with Gasteiger partial charge in [0.2, 0.25) is 5.91 Å². The van der Waals surface area contributed by atoms with Gasteiger partial charge < -0.3 is 10.6 Å². The van der Waals surface area contributed by atoms with Crippen LogP contribution in [-0.4, -0.2) is 31.3 Å². The molecule has 1 amide bonds. The molecule has 1 aromatic carbocycles. The second kappa shape index (κ2) is 6.23. The predicted molar refractivity (Wildman–Crippen MR) is 58.9 cm³/mol. The predicted octanol–water partition coefficient (Wildman–Crippen LogP) is 2.12. The summed E-state index contributed by atoms with van der Waals surface area (Å²) in [5.41, 5.74) is 0.633. The molecule has 0 aliphatic carbocycles. The molecular weight excluding hydrogens is 252 g/mol. The van der Waals surface area contributed by atoms with E-state index in [0.29, 0.717) is 5.69 Å². The number of anilines is 1. The van der Waals surface area contributed by atoms with Crippen LogP contribution in [0.4, 0.5) is 23.2 Å². The molecule has 0 radical (unpaired) electrons. The maximum atomic E-state index is 12.5. The van der Waals surface area contributed by atoms with Gasteiger partial charge in [-0.05, 0) is 12.1 Å². The summed E-state index contributed by atoms with van der Waals surface area (Å²) in [5.74, 6) is -4.98. The highest BCUT2D eigenvalue weighted by Gasteiger charge is 2.40. The standard InChI is InChI=1S/C11H12F4N2O/c12-10(13)11(14,15)7-17-9(18)6-16-8-4-2-1-3-5-8/h1-5,10,16H,6-7H2,(H,17,18). The Morgan fingerprint density at radius 3 is 2.39 bits per heavy atom. The molecule has 100 valence electrons. The molecule has 18 heavy (non-hydrogen) atoms. The van der Waals surface area contributed by atoms with Gasteiger partial charge in [-0.1, -0.05) is 18.2 Å². The van der Waals surface area contributed by atoms with Gasteiger partial charge in [0.25, 0.3) is 0 Å². The van der Waals surface area contributed by atoms with Crippen LogP contribution in [0.2, 0.25) is 0 Å². The highest BCUT2D eigenvalue weighted by Crippen LogP contribution is 2.21. The van der Waals surface area contributed by atoms with Crippen LogP contribution in [0.15, 0.2) is 30.3 Å². The van der Waals surface area contributed by atoms with Crippen molar-refractivity contribution in [2.45, 2.75) is 12.3 Å². The van der Waals surface area contributed by atoms with Crippen molar-refractivity contribution in [3.05, 3.63) is 30.3 Å². The first kappa shape index (κ1) is 14.3. The van der Waals surface area contributed by atoms with E-state index in [4.69, 9.17) is 0 Å². The van der Waals surface area contributed by atoms with Crippen LogP contribution in [0, 0.1) is 0 Å². The zero-order chi connectivity index (χ0) is 13.6. The van der Waals surface area contributed by atoms with Crippen LogP contribution < -0.4 is 10.6 Å². The number of hydrogen-bond donors (Lipinski definition) is 2. The fourth-order valence-electron chi connectivity index (χ4n) is 1.09. The lowest BCUT2D eigenvalue weighted by Crippen LogP contribution is -2.43. The number of nitrogens with one attached hydrogen (secondary N) is 2. The molecule has 0 atom stereocenters. The first-order chi connectivity index (χ1) is 8.42. The summed E-state index contributed by atoms with van der Waals surface area (Å²) < 4.78 is 48.6. The van der Waals surface area contributed by atoms with Gasteiger partial charge in [0.1, 0.15) is 0 Å². The Kier molecular flexibility index (Phi) is 4.94. The average Bonchev–Trinajstić information content (AvgIpc) is 2.35. The summed E-state index contributed by atoms with van der Waals surface area (Å²) in [7, 11) is 0. The SMILES string of the molecule is O=C(CNc1ccccc1)NCC(F)(F)C(F)F. The van der Waals surface area contributed by atoms with Gasteiger partial charge in [-0.3, -0.25) is 4.79 Å². The van der Waals surface area contributed by atoms with Crippen molar-refractivity contribution in [3.8, 4) is 0 Å². The van der Waals surface area contributed by atoms with Crippen molar-refractivity contribution < 1.29 is 22.4 Å². The molecule has 3 nitrogen and oxygen atoms in total. The first-order valence-corrected chi connectivity index (χ1v) is 5.13. The van der Waals surface area contributed by atoms with Crippen molar-refractivity contribution in [2.24, 2.45) is 0 Å². The number of carbonyl (C=O) groups is 1. The van der Waals surface area contributed by atoms with Crippen LogP contribution in [0.1, 0.15) is 0 Å². The molecule has 0 spiro atoms. The van der Waals surface area contributed by atoms with Crippen LogP contribution in [-0.2, 0) is 4.79 Å². The van der Waals surface area contributed by atoms with Crippen molar-refractivity contribution >= 4 is 11.6 Å². The number of halogens is 4. The number of hydrogen-bond acceptors (Lipinski definition) is 2. The molecule has 0 unspecified atom stereocenters. The summed E-state index contributed by atoms with van der Waals surface area (Å²) in [6.07, 6.45) is -3.79. The fourth-order valence-corrected chi connectivity index (χ4v) is 1.09. The van der Waals surface area contributed by atoms with E-state index < -0.39 is 24.8 Å². The Labute approximate surface area is 101 Å². The number of carbonyl (C=O) groups excluding carboxylic acids is 1. The average molecular weight is 264 g/mol. The molecule has 1 aromatic rings. The maximum Gasteiger partial charge on any atom is 0.324 e. The maximum absolute atomic E-state index is 12.5. The van der Waals surface area contributed by atoms with Crippen molar-refractivity contribution in [1.82, 2.24) is 5.32 Å². The van der Waals surface area contributed by atoms with Gasteiger partial charge in [0, 0.05) is 5.69 Å². The molecule has 0 bridgehead atoms. The van der Waals surface area contributed by atoms with E-state index in [9.17, 15) is 22.4 Å². The van der Waals surface area contributed by atoms with Crippen LogP contribution >= 0.6 is 0 Å². The van der Waals surface area contributed by atoms with Gasteiger partial charge in [0.05, 0.1) is 13.1 Å². The summed E-state index contributed by atoms with van der Waals surface area (Å²) >= 11 is 0. The Morgan fingerprint density at radius 1 is 1.22 bits per heavy atom. The molecule has 0 aliphatic heterocycles. The van der Waals surface area contributed by atoms with Crippen molar-refractivity contribution in [1.29, 1.82) is 0 Å². The van der Waals surface area contributed by atoms with Crippen LogP contribution in [0.25, 0.3) is 0 Å². The Bertz CT molecular complexity index is 384. The molecule has 0 fully saturated rings. The smallest absolute Gasteiger partial charge is 0.324 e. The van der Waals surface area contributed by atoms with Gasteiger partial charge in [0.15, 0.2) is 0 Å². The molecule has 0 heterocycles. The molecule has 0 aromatic heterocycles. The quantitative estimate of drug-likeness (QED) is 0.773. The third kappa shape index (κ3) is 4.60. The Balaban J connectivity index is 2.31. The molecule has 7 heteroatoms. The van der Waals surface area contributed by atoms with Gasteiger partial charge in [-0.15, -0.1) is 0 Å². The van der Waals surface area contributed by atoms with E-state index in [2.05, 4.69) is 5.32 Å².